The van der Waals surface area contributed by atoms with E-state index in [4.69, 9.17) is 0 Å². The second kappa shape index (κ2) is 4.24. The van der Waals surface area contributed by atoms with Crippen LogP contribution in [0.2, 0.25) is 0 Å². The predicted octanol–water partition coefficient (Wildman–Crippen LogP) is 1.25. The Morgan fingerprint density at radius 1 is 1.30 bits per heavy atom. The lowest BCUT2D eigenvalue weighted by atomic mass is 10.0. The molecule has 1 heterocycles. The van der Waals surface area contributed by atoms with Crippen molar-refractivity contribution in [2.24, 2.45) is 5.92 Å². The van der Waals surface area contributed by atoms with E-state index in [9.17, 15) is 0 Å². The summed E-state index contributed by atoms with van der Waals surface area (Å²) < 4.78 is 0. The number of hydrogen-bond acceptors (Lipinski definition) is 1. The quantitative estimate of drug-likeness (QED) is 0.581. The van der Waals surface area contributed by atoms with E-state index in [2.05, 4.69) is 17.8 Å². The van der Waals surface area contributed by atoms with Crippen LogP contribution in [0.25, 0.3) is 0 Å². The first-order valence-electron chi connectivity index (χ1n) is 4.14. The SMILES string of the molecule is C[SH](C)CC1CCNCC1. The molecule has 1 N–H and O–H groups in total. The predicted molar refractivity (Wildman–Crippen MR) is 51.3 cm³/mol. The zero-order valence-electron chi connectivity index (χ0n) is 7.06. The summed E-state index contributed by atoms with van der Waals surface area (Å²) in [5, 5.41) is 3.40. The van der Waals surface area contributed by atoms with Crippen LogP contribution in [-0.4, -0.2) is 31.4 Å². The average molecular weight is 161 g/mol. The van der Waals surface area contributed by atoms with Crippen LogP contribution in [0.5, 0.6) is 0 Å². The molecule has 1 nitrogen and oxygen atoms in total. The Hall–Kier alpha value is 0.310. The number of piperidine rings is 1. The van der Waals surface area contributed by atoms with Crippen molar-refractivity contribution in [2.75, 3.05) is 31.4 Å². The maximum atomic E-state index is 3.40. The van der Waals surface area contributed by atoms with Gasteiger partial charge in [-0.25, -0.2) is 0 Å². The minimum Gasteiger partial charge on any atom is -0.317 e. The minimum atomic E-state index is 0.349. The van der Waals surface area contributed by atoms with Crippen molar-refractivity contribution >= 4 is 10.9 Å². The third-order valence-electron chi connectivity index (χ3n) is 2.08. The first-order chi connectivity index (χ1) is 4.79. The normalized spacial score (nSPS) is 22.8. The van der Waals surface area contributed by atoms with Gasteiger partial charge in [0.05, 0.1) is 0 Å². The van der Waals surface area contributed by atoms with Gasteiger partial charge < -0.3 is 5.32 Å². The Morgan fingerprint density at radius 3 is 2.40 bits per heavy atom. The molecule has 1 saturated heterocycles. The van der Waals surface area contributed by atoms with E-state index in [0.29, 0.717) is 10.9 Å². The van der Waals surface area contributed by atoms with E-state index in [-0.39, 0.29) is 0 Å². The highest BCUT2D eigenvalue weighted by Gasteiger charge is 2.12. The van der Waals surface area contributed by atoms with Gasteiger partial charge in [0.1, 0.15) is 0 Å². The molecule has 1 aliphatic rings. The van der Waals surface area contributed by atoms with E-state index in [1.807, 2.05) is 0 Å². The lowest BCUT2D eigenvalue weighted by molar-refractivity contribution is 0.407. The standard InChI is InChI=1S/C8H19NS/c1-10(2)7-8-3-5-9-6-4-8/h8-10H,3-7H2,1-2H3. The molecule has 0 bridgehead atoms. The lowest BCUT2D eigenvalue weighted by Crippen LogP contribution is -2.29. The monoisotopic (exact) mass is 161 g/mol. The molecule has 1 aliphatic heterocycles. The summed E-state index contributed by atoms with van der Waals surface area (Å²) in [4.78, 5) is 0. The van der Waals surface area contributed by atoms with E-state index < -0.39 is 0 Å². The van der Waals surface area contributed by atoms with Gasteiger partial charge in [-0.3, -0.25) is 10.9 Å². The highest BCUT2D eigenvalue weighted by atomic mass is 32.2. The van der Waals surface area contributed by atoms with E-state index in [1.54, 1.807) is 0 Å². The van der Waals surface area contributed by atoms with E-state index >= 15 is 0 Å². The Bertz CT molecular complexity index is 87.3. The first-order valence-corrected chi connectivity index (χ1v) is 6.56. The Balaban J connectivity index is 2.13. The summed E-state index contributed by atoms with van der Waals surface area (Å²) in [5.74, 6) is 2.54. The molecule has 0 unspecified atom stereocenters. The number of hydrogen-bond donors (Lipinski definition) is 2. The molecule has 0 radical (unpaired) electrons. The molecule has 0 aromatic heterocycles. The largest absolute Gasteiger partial charge is 0.317 e. The van der Waals surface area contributed by atoms with Gasteiger partial charge in [0.15, 0.2) is 0 Å². The number of nitrogens with one attached hydrogen (secondary N) is 1. The average Bonchev–Trinajstić information content (AvgIpc) is 1.88. The van der Waals surface area contributed by atoms with Gasteiger partial charge in [-0.05, 0) is 50.1 Å². The highest BCUT2D eigenvalue weighted by Crippen LogP contribution is 2.23. The summed E-state index contributed by atoms with van der Waals surface area (Å²) in [7, 11) is 0.349. The summed E-state index contributed by atoms with van der Waals surface area (Å²) >= 11 is 0. The van der Waals surface area contributed by atoms with Crippen molar-refractivity contribution in [3.8, 4) is 0 Å². The van der Waals surface area contributed by atoms with Crippen molar-refractivity contribution in [1.29, 1.82) is 0 Å². The summed E-state index contributed by atoms with van der Waals surface area (Å²) in [5.41, 5.74) is 0. The van der Waals surface area contributed by atoms with Gasteiger partial charge in [0.2, 0.25) is 0 Å². The molecule has 0 aliphatic carbocycles. The summed E-state index contributed by atoms with van der Waals surface area (Å²) in [6.45, 7) is 2.52. The molecule has 0 aromatic carbocycles. The zero-order valence-corrected chi connectivity index (χ0v) is 7.95. The summed E-state index contributed by atoms with van der Waals surface area (Å²) in [6.07, 6.45) is 7.61. The van der Waals surface area contributed by atoms with Crippen LogP contribution >= 0.6 is 10.9 Å². The molecule has 2 heteroatoms. The highest BCUT2D eigenvalue weighted by molar-refractivity contribution is 8.15. The Labute approximate surface area is 66.9 Å². The minimum absolute atomic E-state index is 0.349. The number of rotatable bonds is 2. The third kappa shape index (κ3) is 2.93. The Kier molecular flexibility index (Phi) is 3.57. The van der Waals surface area contributed by atoms with Crippen LogP contribution in [0.4, 0.5) is 0 Å². The lowest BCUT2D eigenvalue weighted by Gasteiger charge is -2.25. The van der Waals surface area contributed by atoms with Gasteiger partial charge in [-0.2, -0.15) is 0 Å². The van der Waals surface area contributed by atoms with Gasteiger partial charge in [0.25, 0.3) is 0 Å². The fourth-order valence-corrected chi connectivity index (χ4v) is 2.98. The molecule has 1 fully saturated rings. The van der Waals surface area contributed by atoms with Gasteiger partial charge in [0, 0.05) is 0 Å². The number of thiol groups is 1. The van der Waals surface area contributed by atoms with Crippen LogP contribution in [-0.2, 0) is 0 Å². The second-order valence-corrected chi connectivity index (χ2v) is 5.98. The van der Waals surface area contributed by atoms with Crippen molar-refractivity contribution < 1.29 is 0 Å². The van der Waals surface area contributed by atoms with Crippen molar-refractivity contribution in [2.45, 2.75) is 12.8 Å². The molecule has 0 saturated carbocycles. The molecule has 10 heavy (non-hydrogen) atoms. The van der Waals surface area contributed by atoms with Crippen LogP contribution in [0.15, 0.2) is 0 Å². The van der Waals surface area contributed by atoms with Crippen molar-refractivity contribution in [1.82, 2.24) is 5.32 Å². The third-order valence-corrected chi connectivity index (χ3v) is 3.33. The Morgan fingerprint density at radius 2 is 1.90 bits per heavy atom. The summed E-state index contributed by atoms with van der Waals surface area (Å²) in [6, 6.07) is 0. The molecule has 0 spiro atoms. The van der Waals surface area contributed by atoms with Crippen LogP contribution < -0.4 is 5.32 Å². The van der Waals surface area contributed by atoms with Crippen LogP contribution in [0, 0.1) is 5.92 Å². The molecular weight excluding hydrogens is 142 g/mol. The van der Waals surface area contributed by atoms with Crippen molar-refractivity contribution in [3.05, 3.63) is 0 Å². The molecule has 62 valence electrons. The van der Waals surface area contributed by atoms with Crippen LogP contribution in [0.3, 0.4) is 0 Å². The smallest absolute Gasteiger partial charge is 0.00460 e. The first kappa shape index (κ1) is 8.41. The molecule has 0 amide bonds. The van der Waals surface area contributed by atoms with E-state index in [0.717, 1.165) is 5.92 Å². The van der Waals surface area contributed by atoms with E-state index in [1.165, 1.54) is 31.7 Å². The van der Waals surface area contributed by atoms with Gasteiger partial charge in [-0.1, -0.05) is 0 Å². The maximum Gasteiger partial charge on any atom is -0.00460 e. The molecule has 0 atom stereocenters. The topological polar surface area (TPSA) is 12.0 Å². The van der Waals surface area contributed by atoms with Gasteiger partial charge >= 0.3 is 0 Å². The fourth-order valence-electron chi connectivity index (χ4n) is 1.58. The zero-order chi connectivity index (χ0) is 7.40. The van der Waals surface area contributed by atoms with Crippen molar-refractivity contribution in [3.63, 3.8) is 0 Å². The fraction of sp³-hybridized carbons (Fsp3) is 1.00. The molecule has 1 rings (SSSR count). The van der Waals surface area contributed by atoms with Crippen LogP contribution in [0.1, 0.15) is 12.8 Å². The van der Waals surface area contributed by atoms with Gasteiger partial charge in [-0.15, -0.1) is 0 Å². The molecule has 0 aromatic rings. The molecular formula is C8H19NS. The maximum absolute atomic E-state index is 3.40. The second-order valence-electron chi connectivity index (χ2n) is 3.46.